The number of hydrogen-bond acceptors (Lipinski definition) is 14. The zero-order chi connectivity index (χ0) is 55.7. The summed E-state index contributed by atoms with van der Waals surface area (Å²) in [5.41, 5.74) is 3.04. The van der Waals surface area contributed by atoms with Gasteiger partial charge in [-0.3, -0.25) is 29.4 Å². The number of nitro benzene ring substituents is 1. The molecular weight excluding hydrogens is 1020 g/mol. The second kappa shape index (κ2) is 22.1. The molecule has 0 radical (unpaired) electrons. The van der Waals surface area contributed by atoms with Crippen molar-refractivity contribution in [3.8, 4) is 34.8 Å². The first kappa shape index (κ1) is 52.5. The number of aliphatic hydroxyl groups excluding tert-OH is 1. The maximum absolute atomic E-state index is 17.0. The Balaban J connectivity index is 1.17. The lowest BCUT2D eigenvalue weighted by molar-refractivity contribution is -0.384. The van der Waals surface area contributed by atoms with Crippen molar-refractivity contribution in [3.05, 3.63) is 224 Å². The van der Waals surface area contributed by atoms with E-state index < -0.39 is 64.4 Å². The largest absolute Gasteiger partial charge is 0.497 e. The van der Waals surface area contributed by atoms with Gasteiger partial charge in [0.15, 0.2) is 11.5 Å². The summed E-state index contributed by atoms with van der Waals surface area (Å²) in [4.78, 5) is 80.1. The Hall–Kier alpha value is -9.50. The molecule has 4 aliphatic heterocycles. The quantitative estimate of drug-likeness (QED) is 0.0497. The van der Waals surface area contributed by atoms with Crippen LogP contribution >= 0.6 is 0 Å². The number of carbonyl (C=O) groups is 4. The van der Waals surface area contributed by atoms with Crippen LogP contribution in [0, 0.1) is 27.9 Å². The van der Waals surface area contributed by atoms with Gasteiger partial charge in [0, 0.05) is 36.3 Å². The number of rotatable bonds is 13. The number of benzene rings is 7. The number of anilines is 1. The molecule has 0 unspecified atom stereocenters. The van der Waals surface area contributed by atoms with Crippen LogP contribution in [0.3, 0.4) is 0 Å². The number of nitrogens with zero attached hydrogens (tertiary/aromatic N) is 4. The highest BCUT2D eigenvalue weighted by molar-refractivity contribution is 6.23. The van der Waals surface area contributed by atoms with E-state index in [0.717, 1.165) is 16.0 Å². The van der Waals surface area contributed by atoms with Gasteiger partial charge in [-0.1, -0.05) is 84.6 Å². The molecule has 6 atom stereocenters. The number of cyclic esters (lactones) is 1. The fourth-order valence-corrected chi connectivity index (χ4v) is 11.9. The van der Waals surface area contributed by atoms with E-state index in [1.165, 1.54) is 31.4 Å². The summed E-state index contributed by atoms with van der Waals surface area (Å²) in [7, 11) is 4.65. The number of carbonyl (C=O) groups excluding carboxylic acids is 4. The van der Waals surface area contributed by atoms with Crippen molar-refractivity contribution < 1.29 is 57.6 Å². The summed E-state index contributed by atoms with van der Waals surface area (Å²) in [5.74, 6) is 4.74. The number of morpholine rings is 1. The zero-order valence-corrected chi connectivity index (χ0v) is 43.9. The molecule has 0 bridgehead atoms. The average molecular weight is 1080 g/mol. The molecule has 0 aliphatic carbocycles. The second-order valence-corrected chi connectivity index (χ2v) is 19.7. The van der Waals surface area contributed by atoms with Gasteiger partial charge >= 0.3 is 12.1 Å². The van der Waals surface area contributed by atoms with Crippen molar-refractivity contribution in [2.24, 2.45) is 5.92 Å². The molecule has 0 aromatic heterocycles. The zero-order valence-electron chi connectivity index (χ0n) is 43.9. The maximum atomic E-state index is 17.0. The first-order valence-electron chi connectivity index (χ1n) is 26.0. The lowest BCUT2D eigenvalue weighted by Crippen LogP contribution is -2.57. The standard InChI is InChI=1S/C63H54N4O13/c1-75-48-25-18-39(19-26-48)14-15-40-20-29-51-50(34-40)63(61(71)65(51)62(72)79-38-41-16-23-47(24-17-41)67(73)74)54(59(69)64-31-30-45-35-52(76-2)53(77-3)36-46(45)37-64)56-60(70)80-57(43-12-8-5-9-13-43)55(42-10-6-4-7-11-42)66(56)58(63)44-21-27-49(28-22-44)78-33-32-68/h4-13,16-29,34-36,54-58,68H,30-33,37-38H2,1-3H3/t54-,55-,56-,57+,58+,63-/m1/s1. The van der Waals surface area contributed by atoms with Gasteiger partial charge in [-0.2, -0.15) is 0 Å². The van der Waals surface area contributed by atoms with Gasteiger partial charge in [0.05, 0.1) is 56.5 Å². The van der Waals surface area contributed by atoms with Crippen LogP contribution in [0.15, 0.2) is 164 Å². The SMILES string of the molecule is COc1ccc(C#Cc2ccc3c(c2)[C@]2(C(=O)N3C(=O)OCc3ccc([N+](=O)[O-])cc3)[C@H](c3ccc(OCCO)cc3)N3[C@H](c4ccccc4)[C@H](c4ccccc4)OC(=O)[C@H]3[C@@H]2C(=O)N2CCc3cc(OC)c(OC)cc3C2)cc1. The van der Waals surface area contributed by atoms with E-state index in [9.17, 15) is 15.2 Å². The first-order chi connectivity index (χ1) is 39.0. The molecule has 1 spiro atoms. The van der Waals surface area contributed by atoms with Crippen LogP contribution < -0.4 is 23.8 Å². The van der Waals surface area contributed by atoms with E-state index in [0.29, 0.717) is 62.8 Å². The minimum absolute atomic E-state index is 0.00106. The topological polar surface area (TPSA) is 197 Å². The number of non-ortho nitro benzene ring substituents is 1. The van der Waals surface area contributed by atoms with Crippen molar-refractivity contribution in [2.75, 3.05) is 46.0 Å². The van der Waals surface area contributed by atoms with Crippen LogP contribution in [0.5, 0.6) is 23.0 Å². The molecule has 2 saturated heterocycles. The van der Waals surface area contributed by atoms with E-state index in [1.54, 1.807) is 85.8 Å². The van der Waals surface area contributed by atoms with Gasteiger partial charge in [0.1, 0.15) is 42.3 Å². The summed E-state index contributed by atoms with van der Waals surface area (Å²) in [6, 6.07) is 43.5. The molecule has 404 valence electrons. The Bertz CT molecular complexity index is 3570. The number of amides is 3. The number of esters is 1. The van der Waals surface area contributed by atoms with Crippen LogP contribution in [-0.4, -0.2) is 90.8 Å². The van der Waals surface area contributed by atoms with Crippen LogP contribution in [0.2, 0.25) is 0 Å². The van der Waals surface area contributed by atoms with Crippen molar-refractivity contribution in [1.82, 2.24) is 9.80 Å². The summed E-state index contributed by atoms with van der Waals surface area (Å²) < 4.78 is 35.3. The van der Waals surface area contributed by atoms with Crippen LogP contribution in [0.4, 0.5) is 16.2 Å². The summed E-state index contributed by atoms with van der Waals surface area (Å²) in [6.45, 7) is -0.386. The maximum Gasteiger partial charge on any atom is 0.421 e. The molecule has 7 aromatic rings. The fraction of sp³-hybridized carbons (Fsp3) is 0.238. The number of aliphatic hydroxyl groups is 1. The highest BCUT2D eigenvalue weighted by Crippen LogP contribution is 2.66. The Labute approximate surface area is 460 Å². The van der Waals surface area contributed by atoms with E-state index in [4.69, 9.17) is 28.4 Å². The molecule has 80 heavy (non-hydrogen) atoms. The number of nitro groups is 1. The smallest absolute Gasteiger partial charge is 0.421 e. The van der Waals surface area contributed by atoms with Gasteiger partial charge in [-0.05, 0) is 124 Å². The molecular formula is C63H54N4O13. The molecule has 2 fully saturated rings. The molecule has 4 heterocycles. The van der Waals surface area contributed by atoms with E-state index in [2.05, 4.69) is 11.8 Å². The minimum atomic E-state index is -2.15. The fourth-order valence-electron chi connectivity index (χ4n) is 11.9. The molecule has 11 rings (SSSR count). The van der Waals surface area contributed by atoms with E-state index >= 15 is 19.2 Å². The number of imide groups is 1. The van der Waals surface area contributed by atoms with Gasteiger partial charge in [0.2, 0.25) is 11.8 Å². The van der Waals surface area contributed by atoms with Crippen molar-refractivity contribution in [3.63, 3.8) is 0 Å². The predicted molar refractivity (Wildman–Crippen MR) is 292 cm³/mol. The van der Waals surface area contributed by atoms with E-state index in [-0.39, 0.29) is 49.8 Å². The number of ether oxygens (including phenoxy) is 6. The average Bonchev–Trinajstić information content (AvgIpc) is 1.90. The highest BCUT2D eigenvalue weighted by Gasteiger charge is 2.76. The van der Waals surface area contributed by atoms with Gasteiger partial charge in [0.25, 0.3) is 5.69 Å². The van der Waals surface area contributed by atoms with Crippen LogP contribution in [0.25, 0.3) is 0 Å². The summed E-state index contributed by atoms with van der Waals surface area (Å²) in [6.07, 6.45) is -1.69. The monoisotopic (exact) mass is 1070 g/mol. The Morgan fingerprint density at radius 3 is 2.01 bits per heavy atom. The second-order valence-electron chi connectivity index (χ2n) is 19.7. The highest BCUT2D eigenvalue weighted by atomic mass is 16.6. The Morgan fingerprint density at radius 2 is 1.36 bits per heavy atom. The molecule has 3 amide bonds. The van der Waals surface area contributed by atoms with E-state index in [1.807, 2.05) is 77.7 Å². The van der Waals surface area contributed by atoms with Gasteiger partial charge in [-0.15, -0.1) is 0 Å². The molecule has 4 aliphatic rings. The molecule has 17 heteroatoms. The third kappa shape index (κ3) is 9.37. The molecule has 17 nitrogen and oxygen atoms in total. The first-order valence-corrected chi connectivity index (χ1v) is 26.0. The summed E-state index contributed by atoms with van der Waals surface area (Å²) in [5, 5.41) is 21.3. The lowest BCUT2D eigenvalue weighted by Gasteiger charge is -2.46. The third-order valence-corrected chi connectivity index (χ3v) is 15.4. The number of hydrogen-bond donors (Lipinski definition) is 1. The van der Waals surface area contributed by atoms with Crippen molar-refractivity contribution >= 4 is 35.3 Å². The minimum Gasteiger partial charge on any atom is -0.497 e. The third-order valence-electron chi connectivity index (χ3n) is 15.4. The van der Waals surface area contributed by atoms with Crippen molar-refractivity contribution in [1.29, 1.82) is 0 Å². The van der Waals surface area contributed by atoms with Gasteiger partial charge < -0.3 is 38.4 Å². The normalized spacial score (nSPS) is 20.8. The molecule has 0 saturated carbocycles. The van der Waals surface area contributed by atoms with Crippen LogP contribution in [-0.2, 0) is 48.8 Å². The Kier molecular flexibility index (Phi) is 14.5. The number of methoxy groups -OCH3 is 3. The molecule has 7 aromatic carbocycles. The van der Waals surface area contributed by atoms with Crippen molar-refractivity contribution in [2.45, 2.75) is 49.2 Å². The summed E-state index contributed by atoms with van der Waals surface area (Å²) >= 11 is 0. The van der Waals surface area contributed by atoms with Crippen LogP contribution in [0.1, 0.15) is 68.3 Å². The molecule has 1 N–H and O–H groups in total. The lowest BCUT2D eigenvalue weighted by atomic mass is 9.64. The Morgan fingerprint density at radius 1 is 0.725 bits per heavy atom. The van der Waals surface area contributed by atoms with Gasteiger partial charge in [-0.25, -0.2) is 9.69 Å². The number of fused-ring (bicyclic) bond motifs is 4. The predicted octanol–water partition coefficient (Wildman–Crippen LogP) is 8.98.